The molecule has 2 aliphatic heterocycles. The largest absolute Gasteiger partial charge is 0.480 e. The van der Waals surface area contributed by atoms with E-state index < -0.39 is 17.9 Å². The van der Waals surface area contributed by atoms with Gasteiger partial charge in [-0.15, -0.1) is 0 Å². The molecule has 0 spiro atoms. The lowest BCUT2D eigenvalue weighted by atomic mass is 10.1. The van der Waals surface area contributed by atoms with Crippen molar-refractivity contribution >= 4 is 17.8 Å². The van der Waals surface area contributed by atoms with Crippen LogP contribution in [0.4, 0.5) is 0 Å². The van der Waals surface area contributed by atoms with Crippen molar-refractivity contribution in [1.29, 1.82) is 0 Å². The molecule has 0 unspecified atom stereocenters. The maximum Gasteiger partial charge on any atom is 0.326 e. The minimum absolute atomic E-state index is 0.0635. The van der Waals surface area contributed by atoms with Gasteiger partial charge in [-0.2, -0.15) is 0 Å². The fourth-order valence-electron chi connectivity index (χ4n) is 2.88. The van der Waals surface area contributed by atoms with Crippen LogP contribution in [-0.4, -0.2) is 72.1 Å². The lowest BCUT2D eigenvalue weighted by Gasteiger charge is -2.24. The molecule has 112 valence electrons. The van der Waals surface area contributed by atoms with Crippen LogP contribution < -0.4 is 0 Å². The van der Waals surface area contributed by atoms with Crippen LogP contribution >= 0.6 is 0 Å². The molecule has 0 aromatic heterocycles. The van der Waals surface area contributed by atoms with Gasteiger partial charge in [0.25, 0.3) is 0 Å². The summed E-state index contributed by atoms with van der Waals surface area (Å²) in [6.07, 6.45) is 1.37. The lowest BCUT2D eigenvalue weighted by Crippen LogP contribution is -2.44. The third kappa shape index (κ3) is 2.92. The SMILES string of the molecule is COCCN1C[C@H](C(=O)N2CCC[C@H]2C(=O)O)CC1=O. The van der Waals surface area contributed by atoms with Crippen LogP contribution in [0.1, 0.15) is 19.3 Å². The summed E-state index contributed by atoms with van der Waals surface area (Å²) >= 11 is 0. The van der Waals surface area contributed by atoms with E-state index in [9.17, 15) is 14.4 Å². The number of rotatable bonds is 5. The molecule has 0 aliphatic carbocycles. The lowest BCUT2D eigenvalue weighted by molar-refractivity contribution is -0.149. The van der Waals surface area contributed by atoms with Crippen LogP contribution in [0.5, 0.6) is 0 Å². The number of hydrogen-bond donors (Lipinski definition) is 1. The summed E-state index contributed by atoms with van der Waals surface area (Å²) in [5, 5.41) is 9.11. The second-order valence-corrected chi connectivity index (χ2v) is 5.26. The Hall–Kier alpha value is -1.63. The highest BCUT2D eigenvalue weighted by Gasteiger charge is 2.41. The van der Waals surface area contributed by atoms with Gasteiger partial charge in [0, 0.05) is 33.2 Å². The minimum atomic E-state index is -0.962. The highest BCUT2D eigenvalue weighted by molar-refractivity contribution is 5.91. The fraction of sp³-hybridized carbons (Fsp3) is 0.769. The summed E-state index contributed by atoms with van der Waals surface area (Å²) in [6.45, 7) is 1.75. The van der Waals surface area contributed by atoms with Gasteiger partial charge in [0.1, 0.15) is 6.04 Å². The van der Waals surface area contributed by atoms with E-state index in [4.69, 9.17) is 9.84 Å². The van der Waals surface area contributed by atoms with Crippen LogP contribution in [0.2, 0.25) is 0 Å². The number of carbonyl (C=O) groups is 3. The Morgan fingerprint density at radius 2 is 2.20 bits per heavy atom. The quantitative estimate of drug-likeness (QED) is 0.739. The van der Waals surface area contributed by atoms with E-state index in [1.165, 1.54) is 4.90 Å². The Kier molecular flexibility index (Phi) is 4.59. The van der Waals surface area contributed by atoms with E-state index in [0.29, 0.717) is 39.1 Å². The van der Waals surface area contributed by atoms with E-state index in [0.717, 1.165) is 0 Å². The molecule has 0 bridgehead atoms. The number of carboxylic acid groups (broad SMARTS) is 1. The molecule has 0 radical (unpaired) electrons. The van der Waals surface area contributed by atoms with Crippen molar-refractivity contribution in [3.63, 3.8) is 0 Å². The summed E-state index contributed by atoms with van der Waals surface area (Å²) in [7, 11) is 1.56. The smallest absolute Gasteiger partial charge is 0.326 e. The third-order valence-electron chi connectivity index (χ3n) is 3.95. The number of aliphatic carboxylic acids is 1. The van der Waals surface area contributed by atoms with Gasteiger partial charge in [-0.3, -0.25) is 9.59 Å². The van der Waals surface area contributed by atoms with E-state index in [2.05, 4.69) is 0 Å². The van der Waals surface area contributed by atoms with E-state index >= 15 is 0 Å². The first-order valence-electron chi connectivity index (χ1n) is 6.84. The van der Waals surface area contributed by atoms with Gasteiger partial charge >= 0.3 is 5.97 Å². The predicted octanol–water partition coefficient (Wildman–Crippen LogP) is -0.443. The van der Waals surface area contributed by atoms with Gasteiger partial charge < -0.3 is 19.6 Å². The number of carbonyl (C=O) groups excluding carboxylic acids is 2. The van der Waals surface area contributed by atoms with Crippen LogP contribution in [0, 0.1) is 5.92 Å². The molecule has 0 aromatic carbocycles. The van der Waals surface area contributed by atoms with Crippen molar-refractivity contribution < 1.29 is 24.2 Å². The normalized spacial score (nSPS) is 26.4. The average Bonchev–Trinajstić information content (AvgIpc) is 3.02. The molecule has 0 saturated carbocycles. The zero-order valence-electron chi connectivity index (χ0n) is 11.6. The second-order valence-electron chi connectivity index (χ2n) is 5.26. The number of amides is 2. The number of ether oxygens (including phenoxy) is 1. The Morgan fingerprint density at radius 1 is 1.45 bits per heavy atom. The molecule has 0 aromatic rings. The number of hydrogen-bond acceptors (Lipinski definition) is 4. The zero-order valence-corrected chi connectivity index (χ0v) is 11.6. The molecule has 2 fully saturated rings. The van der Waals surface area contributed by atoms with Crippen molar-refractivity contribution in [2.75, 3.05) is 33.4 Å². The summed E-state index contributed by atoms with van der Waals surface area (Å²) in [6, 6.07) is -0.731. The van der Waals surface area contributed by atoms with Gasteiger partial charge in [0.2, 0.25) is 11.8 Å². The van der Waals surface area contributed by atoms with E-state index in [1.807, 2.05) is 0 Å². The number of likely N-dealkylation sites (tertiary alicyclic amines) is 2. The van der Waals surface area contributed by atoms with Crippen LogP contribution in [-0.2, 0) is 19.1 Å². The molecule has 2 aliphatic rings. The zero-order chi connectivity index (χ0) is 14.7. The highest BCUT2D eigenvalue weighted by Crippen LogP contribution is 2.25. The van der Waals surface area contributed by atoms with Crippen LogP contribution in [0.25, 0.3) is 0 Å². The van der Waals surface area contributed by atoms with Crippen molar-refractivity contribution in [2.45, 2.75) is 25.3 Å². The molecule has 2 saturated heterocycles. The molecule has 2 atom stereocenters. The van der Waals surface area contributed by atoms with Crippen molar-refractivity contribution in [3.05, 3.63) is 0 Å². The maximum atomic E-state index is 12.4. The molecule has 1 N–H and O–H groups in total. The second kappa shape index (κ2) is 6.21. The first-order chi connectivity index (χ1) is 9.54. The topological polar surface area (TPSA) is 87.2 Å². The number of carboxylic acids is 1. The van der Waals surface area contributed by atoms with Crippen LogP contribution in [0.15, 0.2) is 0 Å². The molecule has 2 amide bonds. The monoisotopic (exact) mass is 284 g/mol. The molecular formula is C13H20N2O5. The number of methoxy groups -OCH3 is 1. The average molecular weight is 284 g/mol. The fourth-order valence-corrected chi connectivity index (χ4v) is 2.88. The van der Waals surface area contributed by atoms with Gasteiger partial charge in [0.15, 0.2) is 0 Å². The molecule has 7 heteroatoms. The molecular weight excluding hydrogens is 264 g/mol. The Balaban J connectivity index is 1.96. The van der Waals surface area contributed by atoms with Gasteiger partial charge in [-0.05, 0) is 12.8 Å². The van der Waals surface area contributed by atoms with E-state index in [-0.39, 0.29) is 18.2 Å². The molecule has 7 nitrogen and oxygen atoms in total. The Labute approximate surface area is 117 Å². The van der Waals surface area contributed by atoms with Crippen molar-refractivity contribution in [2.24, 2.45) is 5.92 Å². The van der Waals surface area contributed by atoms with Crippen molar-refractivity contribution in [1.82, 2.24) is 9.80 Å². The summed E-state index contributed by atoms with van der Waals surface area (Å²) in [4.78, 5) is 38.3. The van der Waals surface area contributed by atoms with E-state index in [1.54, 1.807) is 12.0 Å². The Morgan fingerprint density at radius 3 is 2.85 bits per heavy atom. The number of nitrogens with zero attached hydrogens (tertiary/aromatic N) is 2. The third-order valence-corrected chi connectivity index (χ3v) is 3.95. The summed E-state index contributed by atoms with van der Waals surface area (Å²) < 4.78 is 4.93. The molecule has 2 heterocycles. The Bertz CT molecular complexity index is 412. The standard InChI is InChI=1S/C13H20N2O5/c1-20-6-5-14-8-9(7-11(14)16)12(17)15-4-2-3-10(15)13(18)19/h9-10H,2-8H2,1H3,(H,18,19)/t9-,10+/m1/s1. The van der Waals surface area contributed by atoms with Gasteiger partial charge in [0.05, 0.1) is 12.5 Å². The maximum absolute atomic E-state index is 12.4. The first kappa shape index (κ1) is 14.8. The first-order valence-corrected chi connectivity index (χ1v) is 6.84. The highest BCUT2D eigenvalue weighted by atomic mass is 16.5. The molecule has 2 rings (SSSR count). The molecule has 20 heavy (non-hydrogen) atoms. The van der Waals surface area contributed by atoms with Crippen LogP contribution in [0.3, 0.4) is 0 Å². The summed E-state index contributed by atoms with van der Waals surface area (Å²) in [5.74, 6) is -1.65. The van der Waals surface area contributed by atoms with Gasteiger partial charge in [-0.1, -0.05) is 0 Å². The predicted molar refractivity (Wildman–Crippen MR) is 68.9 cm³/mol. The van der Waals surface area contributed by atoms with Crippen molar-refractivity contribution in [3.8, 4) is 0 Å². The minimum Gasteiger partial charge on any atom is -0.480 e. The summed E-state index contributed by atoms with van der Waals surface area (Å²) in [5.41, 5.74) is 0. The van der Waals surface area contributed by atoms with Gasteiger partial charge in [-0.25, -0.2) is 4.79 Å².